The van der Waals surface area contributed by atoms with Crippen LogP contribution in [-0.2, 0) is 25.9 Å². The molecule has 1 saturated heterocycles. The van der Waals surface area contributed by atoms with Crippen LogP contribution in [0.3, 0.4) is 0 Å². The zero-order valence-corrected chi connectivity index (χ0v) is 18.4. The second-order valence-corrected chi connectivity index (χ2v) is 9.75. The Morgan fingerprint density at radius 1 is 1.20 bits per heavy atom. The number of carbonyl (C=O) groups is 1. The van der Waals surface area contributed by atoms with Gasteiger partial charge in [-0.2, -0.15) is 0 Å². The van der Waals surface area contributed by atoms with Gasteiger partial charge in [0.05, 0.1) is 23.9 Å². The molecule has 1 aliphatic rings. The first-order chi connectivity index (χ1) is 14.4. The highest BCUT2D eigenvalue weighted by atomic mass is 32.2. The van der Waals surface area contributed by atoms with Crippen LogP contribution in [0.4, 0.5) is 0 Å². The molecule has 3 rings (SSSR count). The molecular weight excluding hydrogens is 402 g/mol. The molecule has 1 atom stereocenters. The lowest BCUT2D eigenvalue weighted by atomic mass is 10.1. The Balaban J connectivity index is 1.69. The van der Waals surface area contributed by atoms with Crippen LogP contribution in [0.1, 0.15) is 30.4 Å². The number of benzene rings is 2. The van der Waals surface area contributed by atoms with Gasteiger partial charge in [0, 0.05) is 26.1 Å². The maximum atomic E-state index is 13.0. The largest absolute Gasteiger partial charge is 0.497 e. The van der Waals surface area contributed by atoms with Gasteiger partial charge in [0.2, 0.25) is 5.91 Å². The molecule has 7 heteroatoms. The SMILES string of the molecule is COc1cccc(CN(CC2CCCO2)C(=O)CCS(=O)(=O)c2ccc(C)cc2)c1. The van der Waals surface area contributed by atoms with Gasteiger partial charge in [-0.15, -0.1) is 0 Å². The van der Waals surface area contributed by atoms with E-state index in [1.54, 1.807) is 36.3 Å². The van der Waals surface area contributed by atoms with Gasteiger partial charge in [0.1, 0.15) is 5.75 Å². The lowest BCUT2D eigenvalue weighted by Gasteiger charge is -2.26. The van der Waals surface area contributed by atoms with E-state index in [0.717, 1.165) is 29.7 Å². The fourth-order valence-electron chi connectivity index (χ4n) is 3.52. The Kier molecular flexibility index (Phi) is 7.50. The van der Waals surface area contributed by atoms with Crippen LogP contribution in [0, 0.1) is 6.92 Å². The highest BCUT2D eigenvalue weighted by Crippen LogP contribution is 2.19. The van der Waals surface area contributed by atoms with Crippen LogP contribution in [0.15, 0.2) is 53.4 Å². The first-order valence-corrected chi connectivity index (χ1v) is 11.8. The van der Waals surface area contributed by atoms with Crippen molar-refractivity contribution in [2.45, 2.75) is 43.7 Å². The van der Waals surface area contributed by atoms with E-state index >= 15 is 0 Å². The molecule has 162 valence electrons. The summed E-state index contributed by atoms with van der Waals surface area (Å²) in [6, 6.07) is 14.3. The van der Waals surface area contributed by atoms with E-state index in [0.29, 0.717) is 19.7 Å². The number of amides is 1. The summed E-state index contributed by atoms with van der Waals surface area (Å²) in [4.78, 5) is 14.9. The van der Waals surface area contributed by atoms with Crippen molar-refractivity contribution >= 4 is 15.7 Å². The monoisotopic (exact) mass is 431 g/mol. The molecule has 30 heavy (non-hydrogen) atoms. The topological polar surface area (TPSA) is 72.9 Å². The van der Waals surface area contributed by atoms with Crippen LogP contribution in [0.25, 0.3) is 0 Å². The van der Waals surface area contributed by atoms with E-state index in [2.05, 4.69) is 0 Å². The third-order valence-electron chi connectivity index (χ3n) is 5.27. The Bertz CT molecular complexity index is 950. The summed E-state index contributed by atoms with van der Waals surface area (Å²) < 4.78 is 36.3. The molecule has 1 amide bonds. The quantitative estimate of drug-likeness (QED) is 0.609. The third-order valence-corrected chi connectivity index (χ3v) is 7.01. The number of ether oxygens (including phenoxy) is 2. The first kappa shape index (κ1) is 22.3. The fraction of sp³-hybridized carbons (Fsp3) is 0.435. The molecule has 0 bridgehead atoms. The highest BCUT2D eigenvalue weighted by Gasteiger charge is 2.25. The van der Waals surface area contributed by atoms with Gasteiger partial charge in [-0.25, -0.2) is 8.42 Å². The van der Waals surface area contributed by atoms with Gasteiger partial charge in [0.15, 0.2) is 9.84 Å². The van der Waals surface area contributed by atoms with E-state index < -0.39 is 9.84 Å². The molecule has 1 heterocycles. The molecule has 0 radical (unpaired) electrons. The number of hydrogen-bond acceptors (Lipinski definition) is 5. The zero-order valence-electron chi connectivity index (χ0n) is 17.5. The molecule has 2 aromatic rings. The van der Waals surface area contributed by atoms with Gasteiger partial charge in [-0.05, 0) is 49.6 Å². The Labute approximate surface area is 178 Å². The van der Waals surface area contributed by atoms with E-state index in [4.69, 9.17) is 9.47 Å². The predicted molar refractivity (Wildman–Crippen MR) is 115 cm³/mol. The summed E-state index contributed by atoms with van der Waals surface area (Å²) >= 11 is 0. The standard InChI is InChI=1S/C23H29NO5S/c1-18-8-10-22(11-9-18)30(26,27)14-12-23(25)24(17-21-7-4-13-29-21)16-19-5-3-6-20(15-19)28-2/h3,5-6,8-11,15,21H,4,7,12-14,16-17H2,1-2H3. The first-order valence-electron chi connectivity index (χ1n) is 10.2. The molecule has 1 aliphatic heterocycles. The molecule has 2 aromatic carbocycles. The summed E-state index contributed by atoms with van der Waals surface area (Å²) in [6.07, 6.45) is 1.82. The summed E-state index contributed by atoms with van der Waals surface area (Å²) in [5.74, 6) is 0.317. The van der Waals surface area contributed by atoms with E-state index in [-0.39, 0.29) is 29.1 Å². The summed E-state index contributed by atoms with van der Waals surface area (Å²) in [7, 11) is -1.91. The van der Waals surface area contributed by atoms with Gasteiger partial charge >= 0.3 is 0 Å². The second-order valence-electron chi connectivity index (χ2n) is 7.64. The van der Waals surface area contributed by atoms with Crippen molar-refractivity contribution in [3.8, 4) is 5.75 Å². The van der Waals surface area contributed by atoms with Crippen LogP contribution in [-0.4, -0.2) is 51.3 Å². The number of hydrogen-bond donors (Lipinski definition) is 0. The molecule has 0 aromatic heterocycles. The van der Waals surface area contributed by atoms with Crippen molar-refractivity contribution in [1.82, 2.24) is 4.90 Å². The van der Waals surface area contributed by atoms with Gasteiger partial charge in [0.25, 0.3) is 0 Å². The number of aryl methyl sites for hydroxylation is 1. The van der Waals surface area contributed by atoms with Crippen molar-refractivity contribution in [3.05, 3.63) is 59.7 Å². The van der Waals surface area contributed by atoms with Gasteiger partial charge < -0.3 is 14.4 Å². The lowest BCUT2D eigenvalue weighted by molar-refractivity contribution is -0.133. The van der Waals surface area contributed by atoms with Gasteiger partial charge in [-0.1, -0.05) is 29.8 Å². The molecule has 6 nitrogen and oxygen atoms in total. The zero-order chi connectivity index (χ0) is 21.6. The Morgan fingerprint density at radius 3 is 2.63 bits per heavy atom. The molecule has 0 spiro atoms. The average Bonchev–Trinajstić information content (AvgIpc) is 3.25. The van der Waals surface area contributed by atoms with E-state index in [1.807, 2.05) is 31.2 Å². The summed E-state index contributed by atoms with van der Waals surface area (Å²) in [6.45, 7) is 3.45. The number of carbonyl (C=O) groups excluding carboxylic acids is 1. The van der Waals surface area contributed by atoms with Crippen molar-refractivity contribution in [3.63, 3.8) is 0 Å². The maximum absolute atomic E-state index is 13.0. The maximum Gasteiger partial charge on any atom is 0.223 e. The Hall–Kier alpha value is -2.38. The minimum absolute atomic E-state index is 0.00624. The fourth-order valence-corrected chi connectivity index (χ4v) is 4.75. The Morgan fingerprint density at radius 2 is 1.97 bits per heavy atom. The summed E-state index contributed by atoms with van der Waals surface area (Å²) in [5.41, 5.74) is 1.92. The minimum Gasteiger partial charge on any atom is -0.497 e. The number of sulfone groups is 1. The molecule has 0 aliphatic carbocycles. The van der Waals surface area contributed by atoms with Crippen LogP contribution in [0.5, 0.6) is 5.75 Å². The van der Waals surface area contributed by atoms with Crippen molar-refractivity contribution in [1.29, 1.82) is 0 Å². The molecule has 1 unspecified atom stereocenters. The van der Waals surface area contributed by atoms with E-state index in [1.165, 1.54) is 0 Å². The summed E-state index contributed by atoms with van der Waals surface area (Å²) in [5, 5.41) is 0. The minimum atomic E-state index is -3.52. The average molecular weight is 432 g/mol. The third kappa shape index (κ3) is 6.06. The molecular formula is C23H29NO5S. The van der Waals surface area contributed by atoms with Crippen LogP contribution < -0.4 is 4.74 Å². The van der Waals surface area contributed by atoms with Crippen LogP contribution in [0.2, 0.25) is 0 Å². The highest BCUT2D eigenvalue weighted by molar-refractivity contribution is 7.91. The van der Waals surface area contributed by atoms with Crippen molar-refractivity contribution < 1.29 is 22.7 Å². The normalized spacial score (nSPS) is 16.4. The smallest absolute Gasteiger partial charge is 0.223 e. The molecule has 0 saturated carbocycles. The lowest BCUT2D eigenvalue weighted by Crippen LogP contribution is -2.37. The van der Waals surface area contributed by atoms with E-state index in [9.17, 15) is 13.2 Å². The van der Waals surface area contributed by atoms with Crippen LogP contribution >= 0.6 is 0 Å². The molecule has 1 fully saturated rings. The predicted octanol–water partition coefficient (Wildman–Crippen LogP) is 3.38. The van der Waals surface area contributed by atoms with Crippen molar-refractivity contribution in [2.24, 2.45) is 0 Å². The van der Waals surface area contributed by atoms with Gasteiger partial charge in [-0.3, -0.25) is 4.79 Å². The number of nitrogens with zero attached hydrogens (tertiary/aromatic N) is 1. The van der Waals surface area contributed by atoms with Crippen molar-refractivity contribution in [2.75, 3.05) is 26.0 Å². The number of methoxy groups -OCH3 is 1. The number of rotatable bonds is 9. The second kappa shape index (κ2) is 10.1. The molecule has 0 N–H and O–H groups in total.